The van der Waals surface area contributed by atoms with E-state index in [4.69, 9.17) is 28.2 Å². The van der Waals surface area contributed by atoms with E-state index in [1.165, 1.54) is 11.3 Å². The Kier molecular flexibility index (Phi) is 9.63. The van der Waals surface area contributed by atoms with Crippen molar-refractivity contribution in [2.45, 2.75) is 59.2 Å². The van der Waals surface area contributed by atoms with Crippen LogP contribution in [0.1, 0.15) is 50.8 Å². The Labute approximate surface area is 225 Å². The molecule has 3 aromatic carbocycles. The molecule has 0 atom stereocenters. The summed E-state index contributed by atoms with van der Waals surface area (Å²) in [6, 6.07) is 26.8. The summed E-state index contributed by atoms with van der Waals surface area (Å²) >= 11 is 12.6. The topological polar surface area (TPSA) is 21.1 Å². The van der Waals surface area contributed by atoms with Crippen molar-refractivity contribution >= 4 is 23.2 Å². The van der Waals surface area contributed by atoms with Crippen LogP contribution in [0.15, 0.2) is 78.9 Å². The van der Waals surface area contributed by atoms with Gasteiger partial charge in [0.05, 0.1) is 11.4 Å². The maximum absolute atomic E-state index is 6.32. The summed E-state index contributed by atoms with van der Waals surface area (Å²) in [7, 11) is 0. The molecule has 36 heavy (non-hydrogen) atoms. The van der Waals surface area contributed by atoms with Crippen molar-refractivity contribution in [3.05, 3.63) is 100 Å². The van der Waals surface area contributed by atoms with Crippen molar-refractivity contribution in [1.82, 2.24) is 14.5 Å². The van der Waals surface area contributed by atoms with Crippen LogP contribution < -0.4 is 0 Å². The Morgan fingerprint density at radius 1 is 0.750 bits per heavy atom. The maximum Gasteiger partial charge on any atom is 0.140 e. The molecule has 0 N–H and O–H groups in total. The normalized spacial score (nSPS) is 11.4. The fourth-order valence-corrected chi connectivity index (χ4v) is 4.89. The Bertz CT molecular complexity index is 1230. The van der Waals surface area contributed by atoms with E-state index >= 15 is 0 Å². The van der Waals surface area contributed by atoms with E-state index in [1.807, 2.05) is 24.3 Å². The van der Waals surface area contributed by atoms with Crippen molar-refractivity contribution in [2.75, 3.05) is 6.54 Å². The van der Waals surface area contributed by atoms with Crippen LogP contribution in [-0.2, 0) is 19.6 Å². The number of imidazole rings is 1. The number of unbranched alkanes of at least 4 members (excludes halogenated alkanes) is 2. The molecule has 1 aromatic heterocycles. The van der Waals surface area contributed by atoms with Crippen LogP contribution in [0.3, 0.4) is 0 Å². The molecule has 0 spiro atoms. The summed E-state index contributed by atoms with van der Waals surface area (Å²) in [6.07, 6.45) is 4.53. The van der Waals surface area contributed by atoms with E-state index in [0.717, 1.165) is 84.6 Å². The molecule has 0 saturated carbocycles. The van der Waals surface area contributed by atoms with Gasteiger partial charge in [-0.3, -0.25) is 4.90 Å². The largest absolute Gasteiger partial charge is 0.326 e. The van der Waals surface area contributed by atoms with Gasteiger partial charge in [-0.25, -0.2) is 4.98 Å². The molecular formula is C31H35Cl2N3. The first-order valence-corrected chi connectivity index (χ1v) is 13.7. The van der Waals surface area contributed by atoms with Gasteiger partial charge in [0, 0.05) is 40.8 Å². The molecule has 0 aliphatic heterocycles. The monoisotopic (exact) mass is 519 g/mol. The van der Waals surface area contributed by atoms with Gasteiger partial charge in [-0.2, -0.15) is 0 Å². The zero-order chi connectivity index (χ0) is 25.3. The average Bonchev–Trinajstić information content (AvgIpc) is 3.24. The molecule has 4 rings (SSSR count). The van der Waals surface area contributed by atoms with E-state index in [0.29, 0.717) is 0 Å². The number of hydrogen-bond acceptors (Lipinski definition) is 2. The van der Waals surface area contributed by atoms with Gasteiger partial charge in [0.1, 0.15) is 5.82 Å². The van der Waals surface area contributed by atoms with Crippen LogP contribution in [0.25, 0.3) is 22.6 Å². The number of hydrogen-bond donors (Lipinski definition) is 0. The molecule has 0 radical (unpaired) electrons. The number of aromatic nitrogens is 2. The molecule has 0 saturated heterocycles. The van der Waals surface area contributed by atoms with Crippen LogP contribution in [-0.4, -0.2) is 21.0 Å². The molecule has 0 aliphatic carbocycles. The SMILES string of the molecule is CCCCN(Cc1cccc(Cl)c1)Cc1c(-c2ccc(Cl)cc2)nc(-c2ccccc2)n1CCCC. The van der Waals surface area contributed by atoms with Crippen molar-refractivity contribution in [2.24, 2.45) is 0 Å². The van der Waals surface area contributed by atoms with Gasteiger partial charge in [0.15, 0.2) is 0 Å². The molecule has 3 nitrogen and oxygen atoms in total. The number of nitrogens with zero attached hydrogens (tertiary/aromatic N) is 3. The lowest BCUT2D eigenvalue weighted by Gasteiger charge is -2.24. The second-order valence-corrected chi connectivity index (χ2v) is 10.2. The molecule has 188 valence electrons. The molecule has 0 bridgehead atoms. The third-order valence-corrected chi connectivity index (χ3v) is 6.94. The lowest BCUT2D eigenvalue weighted by atomic mass is 10.1. The summed E-state index contributed by atoms with van der Waals surface area (Å²) in [4.78, 5) is 7.79. The van der Waals surface area contributed by atoms with Gasteiger partial charge in [-0.05, 0) is 49.2 Å². The molecule has 4 aromatic rings. The molecule has 1 heterocycles. The summed E-state index contributed by atoms with van der Waals surface area (Å²) in [5.41, 5.74) is 5.76. The Morgan fingerprint density at radius 3 is 2.19 bits per heavy atom. The van der Waals surface area contributed by atoms with Gasteiger partial charge in [0.2, 0.25) is 0 Å². The number of halogens is 2. The lowest BCUT2D eigenvalue weighted by molar-refractivity contribution is 0.246. The van der Waals surface area contributed by atoms with Crippen molar-refractivity contribution < 1.29 is 0 Å². The molecular weight excluding hydrogens is 485 g/mol. The zero-order valence-electron chi connectivity index (χ0n) is 21.3. The minimum absolute atomic E-state index is 0.736. The van der Waals surface area contributed by atoms with E-state index < -0.39 is 0 Å². The molecule has 0 amide bonds. The molecule has 0 fully saturated rings. The van der Waals surface area contributed by atoms with E-state index in [-0.39, 0.29) is 0 Å². The Hall–Kier alpha value is -2.59. The van der Waals surface area contributed by atoms with Gasteiger partial charge >= 0.3 is 0 Å². The van der Waals surface area contributed by atoms with Crippen LogP contribution in [0.2, 0.25) is 10.0 Å². The third kappa shape index (κ3) is 6.79. The average molecular weight is 521 g/mol. The minimum atomic E-state index is 0.736. The van der Waals surface area contributed by atoms with Crippen molar-refractivity contribution in [1.29, 1.82) is 0 Å². The zero-order valence-corrected chi connectivity index (χ0v) is 22.8. The van der Waals surface area contributed by atoms with E-state index in [1.54, 1.807) is 0 Å². The first kappa shape index (κ1) is 26.5. The lowest BCUT2D eigenvalue weighted by Crippen LogP contribution is -2.26. The molecule has 0 unspecified atom stereocenters. The summed E-state index contributed by atoms with van der Waals surface area (Å²) in [5, 5.41) is 1.52. The van der Waals surface area contributed by atoms with Gasteiger partial charge in [0.25, 0.3) is 0 Å². The second-order valence-electron chi connectivity index (χ2n) is 9.30. The standard InChI is InChI=1S/C31H35Cl2N3/c1-3-5-19-35(22-24-11-10-14-28(33)21-24)23-29-30(25-15-17-27(32)18-16-25)34-31(36(29)20-6-4-2)26-12-8-7-9-13-26/h7-18,21H,3-6,19-20,22-23H2,1-2H3. The highest BCUT2D eigenvalue weighted by atomic mass is 35.5. The summed E-state index contributed by atoms with van der Waals surface area (Å²) < 4.78 is 2.44. The number of rotatable bonds is 12. The Morgan fingerprint density at radius 2 is 1.50 bits per heavy atom. The minimum Gasteiger partial charge on any atom is -0.326 e. The highest BCUT2D eigenvalue weighted by Crippen LogP contribution is 2.32. The summed E-state index contributed by atoms with van der Waals surface area (Å²) in [5.74, 6) is 1.03. The van der Waals surface area contributed by atoms with Crippen LogP contribution in [0.5, 0.6) is 0 Å². The maximum atomic E-state index is 6.32. The van der Waals surface area contributed by atoms with E-state index in [9.17, 15) is 0 Å². The summed E-state index contributed by atoms with van der Waals surface area (Å²) in [6.45, 7) is 8.10. The predicted octanol–water partition coefficient (Wildman–Crippen LogP) is 9.13. The van der Waals surface area contributed by atoms with Gasteiger partial charge in [-0.1, -0.05) is 104 Å². The van der Waals surface area contributed by atoms with Crippen LogP contribution >= 0.6 is 23.2 Å². The first-order chi connectivity index (χ1) is 17.6. The smallest absolute Gasteiger partial charge is 0.140 e. The predicted molar refractivity (Wildman–Crippen MR) is 153 cm³/mol. The van der Waals surface area contributed by atoms with Gasteiger partial charge < -0.3 is 4.57 Å². The fraction of sp³-hybridized carbons (Fsp3) is 0.323. The second kappa shape index (κ2) is 13.1. The van der Waals surface area contributed by atoms with E-state index in [2.05, 4.69) is 77.9 Å². The molecule has 0 aliphatic rings. The van der Waals surface area contributed by atoms with Crippen LogP contribution in [0.4, 0.5) is 0 Å². The van der Waals surface area contributed by atoms with Crippen molar-refractivity contribution in [3.63, 3.8) is 0 Å². The number of benzene rings is 3. The first-order valence-electron chi connectivity index (χ1n) is 13.0. The Balaban J connectivity index is 1.81. The van der Waals surface area contributed by atoms with Crippen LogP contribution in [0, 0.1) is 0 Å². The van der Waals surface area contributed by atoms with Gasteiger partial charge in [-0.15, -0.1) is 0 Å². The molecule has 5 heteroatoms. The fourth-order valence-electron chi connectivity index (χ4n) is 4.55. The highest BCUT2D eigenvalue weighted by molar-refractivity contribution is 6.30. The van der Waals surface area contributed by atoms with Crippen molar-refractivity contribution in [3.8, 4) is 22.6 Å². The third-order valence-electron chi connectivity index (χ3n) is 6.45. The highest BCUT2D eigenvalue weighted by Gasteiger charge is 2.22. The quantitative estimate of drug-likeness (QED) is 0.186.